The Hall–Kier alpha value is -1.22. The molecule has 0 heterocycles. The molecule has 0 amide bonds. The topological polar surface area (TPSA) is 46.5 Å². The van der Waals surface area contributed by atoms with Crippen molar-refractivity contribution in [2.45, 2.75) is 0 Å². The Balaban J connectivity index is 0.000000461. The van der Waals surface area contributed by atoms with Gasteiger partial charge in [0.05, 0.1) is 0 Å². The van der Waals surface area contributed by atoms with E-state index in [4.69, 9.17) is 21.8 Å². The smallest absolute Gasteiger partial charge is 0.150 e. The summed E-state index contributed by atoms with van der Waals surface area (Å²) in [7, 11) is 0. The van der Waals surface area contributed by atoms with Crippen LogP contribution in [0.5, 0.6) is 11.5 Å². The third-order valence-electron chi connectivity index (χ3n) is 0.907. The highest BCUT2D eigenvalue weighted by Gasteiger charge is 1.90. The Morgan fingerprint density at radius 1 is 1.45 bits per heavy atom. The standard InChI is InChI=1S/C6H5ClO2.CH2O/c7-9-6-3-1-2-5(8)4-6;1-2/h1-4,8H;1H2. The lowest BCUT2D eigenvalue weighted by atomic mass is 10.3. The fraction of sp³-hybridized carbons (Fsp3) is 0. The number of hydrogen-bond donors (Lipinski definition) is 1. The Morgan fingerprint density at radius 2 is 2.09 bits per heavy atom. The molecule has 0 unspecified atom stereocenters. The normalized spacial score (nSPS) is 7.73. The average Bonchev–Trinajstić information content (AvgIpc) is 2.08. The molecule has 0 aromatic heterocycles. The van der Waals surface area contributed by atoms with E-state index >= 15 is 0 Å². The molecular weight excluding hydrogens is 168 g/mol. The molecule has 1 aromatic rings. The first kappa shape index (κ1) is 9.78. The highest BCUT2D eigenvalue weighted by molar-refractivity contribution is 6.09. The number of phenolic OH excluding ortho intramolecular Hbond substituents is 1. The SMILES string of the molecule is C=O.Oc1cccc(OCl)c1. The van der Waals surface area contributed by atoms with E-state index in [1.54, 1.807) is 18.2 Å². The summed E-state index contributed by atoms with van der Waals surface area (Å²) < 4.78 is 4.31. The van der Waals surface area contributed by atoms with Crippen molar-refractivity contribution >= 4 is 18.7 Å². The molecule has 0 aliphatic rings. The Kier molecular flexibility index (Phi) is 4.94. The second-order valence-corrected chi connectivity index (χ2v) is 1.73. The lowest BCUT2D eigenvalue weighted by Gasteiger charge is -1.93. The third kappa shape index (κ3) is 3.47. The number of carbonyl (C=O) groups is 1. The Bertz CT molecular complexity index is 215. The number of rotatable bonds is 1. The van der Waals surface area contributed by atoms with Crippen LogP contribution in [0, 0.1) is 0 Å². The van der Waals surface area contributed by atoms with E-state index in [-0.39, 0.29) is 5.75 Å². The van der Waals surface area contributed by atoms with Crippen LogP contribution in [0.15, 0.2) is 24.3 Å². The second kappa shape index (κ2) is 5.56. The molecule has 0 radical (unpaired) electrons. The molecule has 0 atom stereocenters. The Morgan fingerprint density at radius 3 is 2.45 bits per heavy atom. The minimum atomic E-state index is 0.146. The van der Waals surface area contributed by atoms with Gasteiger partial charge in [-0.2, -0.15) is 0 Å². The molecule has 1 rings (SSSR count). The van der Waals surface area contributed by atoms with Crippen molar-refractivity contribution in [1.82, 2.24) is 0 Å². The largest absolute Gasteiger partial charge is 0.508 e. The zero-order valence-corrected chi connectivity index (χ0v) is 6.41. The van der Waals surface area contributed by atoms with E-state index in [1.807, 2.05) is 6.79 Å². The maximum Gasteiger partial charge on any atom is 0.150 e. The van der Waals surface area contributed by atoms with Crippen LogP contribution >= 0.6 is 11.9 Å². The summed E-state index contributed by atoms with van der Waals surface area (Å²) in [6.07, 6.45) is 0. The predicted molar refractivity (Wildman–Crippen MR) is 41.7 cm³/mol. The number of hydrogen-bond acceptors (Lipinski definition) is 3. The van der Waals surface area contributed by atoms with Crippen molar-refractivity contribution in [2.75, 3.05) is 0 Å². The van der Waals surface area contributed by atoms with E-state index in [9.17, 15) is 0 Å². The molecule has 60 valence electrons. The highest BCUT2D eigenvalue weighted by atomic mass is 35.5. The summed E-state index contributed by atoms with van der Waals surface area (Å²) in [6.45, 7) is 2.00. The maximum atomic E-state index is 8.81. The van der Waals surface area contributed by atoms with Gasteiger partial charge in [-0.3, -0.25) is 0 Å². The molecule has 11 heavy (non-hydrogen) atoms. The molecule has 4 heteroatoms. The molecule has 3 nitrogen and oxygen atoms in total. The number of carbonyl (C=O) groups excluding carboxylic acids is 1. The van der Waals surface area contributed by atoms with Gasteiger partial charge in [0.25, 0.3) is 0 Å². The van der Waals surface area contributed by atoms with Gasteiger partial charge in [0, 0.05) is 6.07 Å². The molecule has 0 bridgehead atoms. The van der Waals surface area contributed by atoms with Gasteiger partial charge >= 0.3 is 0 Å². The summed E-state index contributed by atoms with van der Waals surface area (Å²) in [5, 5.41) is 8.81. The van der Waals surface area contributed by atoms with Crippen LogP contribution in [-0.4, -0.2) is 11.9 Å². The predicted octanol–water partition coefficient (Wildman–Crippen LogP) is 1.74. The first-order chi connectivity index (χ1) is 5.33. The van der Waals surface area contributed by atoms with E-state index in [0.717, 1.165) is 0 Å². The maximum absolute atomic E-state index is 8.81. The minimum absolute atomic E-state index is 0.146. The van der Waals surface area contributed by atoms with Crippen molar-refractivity contribution < 1.29 is 14.2 Å². The fourth-order valence-corrected chi connectivity index (χ4v) is 0.627. The van der Waals surface area contributed by atoms with Crippen LogP contribution < -0.4 is 4.29 Å². The molecule has 0 saturated heterocycles. The highest BCUT2D eigenvalue weighted by Crippen LogP contribution is 2.17. The average molecular weight is 175 g/mol. The lowest BCUT2D eigenvalue weighted by molar-refractivity contribution is -0.0979. The molecule has 0 fully saturated rings. The molecule has 0 spiro atoms. The quantitative estimate of drug-likeness (QED) is 0.706. The summed E-state index contributed by atoms with van der Waals surface area (Å²) in [5.74, 6) is 0.588. The summed E-state index contributed by atoms with van der Waals surface area (Å²) in [5.41, 5.74) is 0. The van der Waals surface area contributed by atoms with Gasteiger partial charge in [0.2, 0.25) is 0 Å². The summed E-state index contributed by atoms with van der Waals surface area (Å²) in [6, 6.07) is 6.26. The van der Waals surface area contributed by atoms with Gasteiger partial charge in [0.1, 0.15) is 30.2 Å². The van der Waals surface area contributed by atoms with Crippen LogP contribution in [0.25, 0.3) is 0 Å². The zero-order valence-electron chi connectivity index (χ0n) is 5.66. The number of phenols is 1. The number of benzene rings is 1. The van der Waals surface area contributed by atoms with E-state index < -0.39 is 0 Å². The van der Waals surface area contributed by atoms with Gasteiger partial charge in [-0.15, -0.1) is 0 Å². The monoisotopic (exact) mass is 174 g/mol. The van der Waals surface area contributed by atoms with E-state index in [2.05, 4.69) is 4.29 Å². The van der Waals surface area contributed by atoms with Crippen molar-refractivity contribution in [1.29, 1.82) is 0 Å². The van der Waals surface area contributed by atoms with Crippen molar-refractivity contribution in [3.05, 3.63) is 24.3 Å². The van der Waals surface area contributed by atoms with Crippen molar-refractivity contribution in [3.8, 4) is 11.5 Å². The van der Waals surface area contributed by atoms with Gasteiger partial charge in [-0.05, 0) is 12.1 Å². The van der Waals surface area contributed by atoms with Crippen molar-refractivity contribution in [3.63, 3.8) is 0 Å². The van der Waals surface area contributed by atoms with Crippen LogP contribution in [-0.2, 0) is 4.79 Å². The van der Waals surface area contributed by atoms with E-state index in [0.29, 0.717) is 5.75 Å². The van der Waals surface area contributed by atoms with Crippen LogP contribution in [0.1, 0.15) is 0 Å². The molecular formula is C7H7ClO3. The van der Waals surface area contributed by atoms with Gasteiger partial charge in [-0.25, -0.2) is 0 Å². The van der Waals surface area contributed by atoms with E-state index in [1.165, 1.54) is 6.07 Å². The van der Waals surface area contributed by atoms with Gasteiger partial charge in [-0.1, -0.05) is 6.07 Å². The first-order valence-electron chi connectivity index (χ1n) is 2.69. The van der Waals surface area contributed by atoms with Gasteiger partial charge < -0.3 is 14.2 Å². The molecule has 0 aliphatic carbocycles. The summed E-state index contributed by atoms with van der Waals surface area (Å²) in [4.78, 5) is 8.00. The molecule has 1 N–H and O–H groups in total. The van der Waals surface area contributed by atoms with Crippen LogP contribution in [0.4, 0.5) is 0 Å². The zero-order chi connectivity index (χ0) is 8.69. The molecule has 0 saturated carbocycles. The van der Waals surface area contributed by atoms with Crippen molar-refractivity contribution in [2.24, 2.45) is 0 Å². The third-order valence-corrected chi connectivity index (χ3v) is 1.08. The Labute approximate surface area is 69.3 Å². The molecule has 1 aromatic carbocycles. The number of halogens is 1. The summed E-state index contributed by atoms with van der Waals surface area (Å²) >= 11 is 4.99. The lowest BCUT2D eigenvalue weighted by Crippen LogP contribution is -1.71. The minimum Gasteiger partial charge on any atom is -0.508 e. The number of aromatic hydroxyl groups is 1. The van der Waals surface area contributed by atoms with Gasteiger partial charge in [0.15, 0.2) is 0 Å². The fourth-order valence-electron chi connectivity index (χ4n) is 0.532. The molecule has 0 aliphatic heterocycles. The second-order valence-electron chi connectivity index (χ2n) is 1.57. The first-order valence-corrected chi connectivity index (χ1v) is 3.00. The van der Waals surface area contributed by atoms with Crippen LogP contribution in [0.2, 0.25) is 0 Å². The van der Waals surface area contributed by atoms with Crippen LogP contribution in [0.3, 0.4) is 0 Å².